The first-order valence-electron chi connectivity index (χ1n) is 6.61. The molecule has 0 saturated heterocycles. The zero-order valence-electron chi connectivity index (χ0n) is 11.1. The van der Waals surface area contributed by atoms with Crippen molar-refractivity contribution in [1.82, 2.24) is 10.3 Å². The molecular weight excluding hydrogens is 243 g/mol. The van der Waals surface area contributed by atoms with Crippen LogP contribution in [0.1, 0.15) is 48.2 Å². The summed E-state index contributed by atoms with van der Waals surface area (Å²) in [5.41, 5.74) is 1.91. The standard InChI is InChI=1S/C15H17FN2O/c1-9-8-17-15(19-9)10(2)18-14-7-6-11-12(14)4-3-5-13(11)16/h3-5,8,10,14,18H,6-7H2,1-2H3. The smallest absolute Gasteiger partial charge is 0.211 e. The van der Waals surface area contributed by atoms with E-state index < -0.39 is 0 Å². The predicted molar refractivity (Wildman–Crippen MR) is 70.3 cm³/mol. The molecule has 0 fully saturated rings. The van der Waals surface area contributed by atoms with Crippen molar-refractivity contribution < 1.29 is 8.81 Å². The van der Waals surface area contributed by atoms with Gasteiger partial charge in [0.25, 0.3) is 0 Å². The van der Waals surface area contributed by atoms with Gasteiger partial charge in [-0.25, -0.2) is 9.37 Å². The fourth-order valence-corrected chi connectivity index (χ4v) is 2.73. The highest BCUT2D eigenvalue weighted by Crippen LogP contribution is 2.34. The molecule has 1 heterocycles. The number of fused-ring (bicyclic) bond motifs is 1. The van der Waals surface area contributed by atoms with Crippen LogP contribution in [-0.4, -0.2) is 4.98 Å². The third kappa shape index (κ3) is 2.28. The van der Waals surface area contributed by atoms with Crippen molar-refractivity contribution in [3.05, 3.63) is 53.0 Å². The molecule has 3 nitrogen and oxygen atoms in total. The summed E-state index contributed by atoms with van der Waals surface area (Å²) in [7, 11) is 0. The van der Waals surface area contributed by atoms with E-state index in [1.54, 1.807) is 12.3 Å². The van der Waals surface area contributed by atoms with E-state index in [0.29, 0.717) is 5.89 Å². The zero-order chi connectivity index (χ0) is 13.4. The molecule has 100 valence electrons. The summed E-state index contributed by atoms with van der Waals surface area (Å²) in [4.78, 5) is 4.23. The monoisotopic (exact) mass is 260 g/mol. The number of hydrogen-bond donors (Lipinski definition) is 1. The average Bonchev–Trinajstić information content (AvgIpc) is 2.98. The van der Waals surface area contributed by atoms with Crippen LogP contribution in [0.15, 0.2) is 28.8 Å². The molecular formula is C15H17FN2O. The predicted octanol–water partition coefficient (Wildman–Crippen LogP) is 3.46. The van der Waals surface area contributed by atoms with E-state index in [9.17, 15) is 4.39 Å². The number of nitrogens with one attached hydrogen (secondary N) is 1. The van der Waals surface area contributed by atoms with Crippen LogP contribution in [0.2, 0.25) is 0 Å². The molecule has 0 radical (unpaired) electrons. The molecule has 0 bridgehead atoms. The Morgan fingerprint density at radius 1 is 1.47 bits per heavy atom. The highest BCUT2D eigenvalue weighted by molar-refractivity contribution is 5.35. The van der Waals surface area contributed by atoms with E-state index in [4.69, 9.17) is 4.42 Å². The van der Waals surface area contributed by atoms with Crippen molar-refractivity contribution in [3.63, 3.8) is 0 Å². The molecule has 0 spiro atoms. The molecule has 1 aromatic carbocycles. The van der Waals surface area contributed by atoms with Crippen molar-refractivity contribution in [3.8, 4) is 0 Å². The van der Waals surface area contributed by atoms with Gasteiger partial charge in [-0.1, -0.05) is 12.1 Å². The van der Waals surface area contributed by atoms with Crippen LogP contribution < -0.4 is 5.32 Å². The first-order valence-corrected chi connectivity index (χ1v) is 6.61. The lowest BCUT2D eigenvalue weighted by molar-refractivity contribution is 0.371. The summed E-state index contributed by atoms with van der Waals surface area (Å²) in [6, 6.07) is 5.49. The summed E-state index contributed by atoms with van der Waals surface area (Å²) in [5, 5.41) is 3.47. The third-order valence-corrected chi connectivity index (χ3v) is 3.67. The molecule has 0 aliphatic heterocycles. The van der Waals surface area contributed by atoms with Crippen molar-refractivity contribution >= 4 is 0 Å². The van der Waals surface area contributed by atoms with Gasteiger partial charge in [0.05, 0.1) is 12.2 Å². The van der Waals surface area contributed by atoms with Crippen LogP contribution in [0, 0.1) is 12.7 Å². The number of aryl methyl sites for hydroxylation is 1. The number of hydrogen-bond acceptors (Lipinski definition) is 3. The Labute approximate surface area is 111 Å². The average molecular weight is 260 g/mol. The van der Waals surface area contributed by atoms with Crippen molar-refractivity contribution in [2.24, 2.45) is 0 Å². The second-order valence-electron chi connectivity index (χ2n) is 5.10. The maximum atomic E-state index is 13.7. The van der Waals surface area contributed by atoms with Gasteiger partial charge in [-0.2, -0.15) is 0 Å². The largest absolute Gasteiger partial charge is 0.444 e. The Morgan fingerprint density at radius 3 is 3.05 bits per heavy atom. The highest BCUT2D eigenvalue weighted by Gasteiger charge is 2.26. The molecule has 1 N–H and O–H groups in total. The molecule has 0 saturated carbocycles. The van der Waals surface area contributed by atoms with Crippen LogP contribution in [0.3, 0.4) is 0 Å². The summed E-state index contributed by atoms with van der Waals surface area (Å²) in [6.45, 7) is 3.89. The summed E-state index contributed by atoms with van der Waals surface area (Å²) in [6.07, 6.45) is 3.42. The minimum atomic E-state index is -0.0959. The van der Waals surface area contributed by atoms with Crippen LogP contribution in [-0.2, 0) is 6.42 Å². The number of aromatic nitrogens is 1. The van der Waals surface area contributed by atoms with Gasteiger partial charge in [0, 0.05) is 6.04 Å². The van der Waals surface area contributed by atoms with Crippen LogP contribution in [0.4, 0.5) is 4.39 Å². The van der Waals surface area contributed by atoms with Crippen LogP contribution in [0.25, 0.3) is 0 Å². The van der Waals surface area contributed by atoms with Gasteiger partial charge in [-0.3, -0.25) is 5.32 Å². The molecule has 1 aliphatic rings. The second kappa shape index (κ2) is 4.78. The van der Waals surface area contributed by atoms with Crippen molar-refractivity contribution in [1.29, 1.82) is 0 Å². The number of rotatable bonds is 3. The fourth-order valence-electron chi connectivity index (χ4n) is 2.73. The number of nitrogens with zero attached hydrogens (tertiary/aromatic N) is 1. The quantitative estimate of drug-likeness (QED) is 0.918. The zero-order valence-corrected chi connectivity index (χ0v) is 11.1. The van der Waals surface area contributed by atoms with Gasteiger partial charge in [0.1, 0.15) is 11.6 Å². The van der Waals surface area contributed by atoms with E-state index in [1.165, 1.54) is 6.07 Å². The van der Waals surface area contributed by atoms with Crippen LogP contribution in [0.5, 0.6) is 0 Å². The van der Waals surface area contributed by atoms with E-state index in [-0.39, 0.29) is 17.9 Å². The number of benzene rings is 1. The van der Waals surface area contributed by atoms with Gasteiger partial charge in [0.15, 0.2) is 0 Å². The molecule has 2 unspecified atom stereocenters. The summed E-state index contributed by atoms with van der Waals surface area (Å²) >= 11 is 0. The van der Waals surface area contributed by atoms with Gasteiger partial charge in [-0.05, 0) is 43.9 Å². The fraction of sp³-hybridized carbons (Fsp3) is 0.400. The van der Waals surface area contributed by atoms with E-state index in [2.05, 4.69) is 10.3 Å². The Kier molecular flexibility index (Phi) is 3.11. The van der Waals surface area contributed by atoms with E-state index in [1.807, 2.05) is 19.9 Å². The van der Waals surface area contributed by atoms with Gasteiger partial charge in [-0.15, -0.1) is 0 Å². The van der Waals surface area contributed by atoms with Crippen LogP contribution >= 0.6 is 0 Å². The Hall–Kier alpha value is -1.68. The van der Waals surface area contributed by atoms with E-state index >= 15 is 0 Å². The molecule has 1 aliphatic carbocycles. The second-order valence-corrected chi connectivity index (χ2v) is 5.10. The van der Waals surface area contributed by atoms with Gasteiger partial charge >= 0.3 is 0 Å². The molecule has 1 aromatic heterocycles. The molecule has 3 rings (SSSR count). The van der Waals surface area contributed by atoms with Gasteiger partial charge < -0.3 is 4.42 Å². The van der Waals surface area contributed by atoms with Gasteiger partial charge in [0.2, 0.25) is 5.89 Å². The summed E-state index contributed by atoms with van der Waals surface area (Å²) < 4.78 is 19.2. The Balaban J connectivity index is 1.78. The lowest BCUT2D eigenvalue weighted by Crippen LogP contribution is -2.23. The number of oxazole rings is 1. The first kappa shape index (κ1) is 12.4. The lowest BCUT2D eigenvalue weighted by Gasteiger charge is -2.18. The minimum Gasteiger partial charge on any atom is -0.444 e. The topological polar surface area (TPSA) is 38.1 Å². The third-order valence-electron chi connectivity index (χ3n) is 3.67. The number of halogens is 1. The summed E-state index contributed by atoms with van der Waals surface area (Å²) in [5.74, 6) is 1.39. The first-order chi connectivity index (χ1) is 9.15. The molecule has 19 heavy (non-hydrogen) atoms. The molecule has 4 heteroatoms. The molecule has 2 aromatic rings. The Bertz CT molecular complexity index is 594. The maximum Gasteiger partial charge on any atom is 0.211 e. The normalized spacial score (nSPS) is 19.4. The minimum absolute atomic E-state index is 0.0212. The lowest BCUT2D eigenvalue weighted by atomic mass is 10.1. The molecule has 2 atom stereocenters. The molecule has 0 amide bonds. The maximum absolute atomic E-state index is 13.7. The van der Waals surface area contributed by atoms with Crippen molar-refractivity contribution in [2.75, 3.05) is 0 Å². The van der Waals surface area contributed by atoms with Crippen molar-refractivity contribution in [2.45, 2.75) is 38.8 Å². The Morgan fingerprint density at radius 2 is 2.32 bits per heavy atom. The SMILES string of the molecule is Cc1cnc(C(C)NC2CCc3c(F)cccc32)o1. The highest BCUT2D eigenvalue weighted by atomic mass is 19.1. The van der Waals surface area contributed by atoms with E-state index in [0.717, 1.165) is 29.7 Å².